The Morgan fingerprint density at radius 3 is 3.00 bits per heavy atom. The second-order valence-corrected chi connectivity index (χ2v) is 4.08. The lowest BCUT2D eigenvalue weighted by Gasteiger charge is -2.21. The predicted octanol–water partition coefficient (Wildman–Crippen LogP) is 1.31. The average Bonchev–Trinajstić information content (AvgIpc) is 2.67. The van der Waals surface area contributed by atoms with E-state index < -0.39 is 0 Å². The molecule has 0 aliphatic carbocycles. The van der Waals surface area contributed by atoms with Crippen LogP contribution < -0.4 is 10.2 Å². The van der Waals surface area contributed by atoms with Crippen LogP contribution in [0.3, 0.4) is 0 Å². The van der Waals surface area contributed by atoms with Crippen LogP contribution in [-0.4, -0.2) is 43.3 Å². The van der Waals surface area contributed by atoms with Crippen LogP contribution in [0.4, 0.5) is 11.6 Å². The van der Waals surface area contributed by atoms with Crippen LogP contribution in [0.15, 0.2) is 6.07 Å². The summed E-state index contributed by atoms with van der Waals surface area (Å²) in [5.41, 5.74) is 0. The number of nitrogens with zero attached hydrogens (tertiary/aromatic N) is 3. The van der Waals surface area contributed by atoms with Gasteiger partial charge in [0.05, 0.1) is 6.61 Å². The van der Waals surface area contributed by atoms with Gasteiger partial charge in [-0.2, -0.15) is 0 Å². The van der Waals surface area contributed by atoms with Gasteiger partial charge in [-0.3, -0.25) is 0 Å². The topological polar surface area (TPSA) is 50.3 Å². The largest absolute Gasteiger partial charge is 0.380 e. The Kier molecular flexibility index (Phi) is 4.14. The molecule has 0 saturated carbocycles. The molecule has 1 aromatic rings. The molecule has 0 aromatic carbocycles. The number of rotatable bonds is 3. The van der Waals surface area contributed by atoms with Crippen molar-refractivity contribution in [2.24, 2.45) is 0 Å². The molecule has 0 bridgehead atoms. The molecule has 0 atom stereocenters. The molecule has 0 spiro atoms. The third kappa shape index (κ3) is 3.06. The molecular weight excluding hydrogens is 216 g/mol. The van der Waals surface area contributed by atoms with E-state index in [9.17, 15) is 0 Å². The molecule has 1 aromatic heterocycles. The zero-order valence-electron chi connectivity index (χ0n) is 10.6. The van der Waals surface area contributed by atoms with E-state index in [1.165, 1.54) is 0 Å². The summed E-state index contributed by atoms with van der Waals surface area (Å²) in [6.07, 6.45) is 1.91. The van der Waals surface area contributed by atoms with Crippen molar-refractivity contribution in [2.75, 3.05) is 43.6 Å². The Bertz CT molecular complexity index is 339. The Labute approximate surface area is 102 Å². The van der Waals surface area contributed by atoms with Crippen molar-refractivity contribution in [2.45, 2.75) is 19.8 Å². The van der Waals surface area contributed by atoms with Gasteiger partial charge < -0.3 is 15.0 Å². The molecular formula is C12H20N4O. The fourth-order valence-electron chi connectivity index (χ4n) is 1.91. The molecule has 0 unspecified atom stereocenters. The molecule has 94 valence electrons. The van der Waals surface area contributed by atoms with Crippen molar-refractivity contribution in [3.8, 4) is 0 Å². The van der Waals surface area contributed by atoms with E-state index in [0.717, 1.165) is 56.6 Å². The molecule has 1 fully saturated rings. The molecule has 0 radical (unpaired) electrons. The summed E-state index contributed by atoms with van der Waals surface area (Å²) in [6, 6.07) is 2.00. The summed E-state index contributed by atoms with van der Waals surface area (Å²) < 4.78 is 5.46. The van der Waals surface area contributed by atoms with Crippen LogP contribution in [-0.2, 0) is 11.2 Å². The van der Waals surface area contributed by atoms with Crippen molar-refractivity contribution >= 4 is 11.6 Å². The van der Waals surface area contributed by atoms with Gasteiger partial charge in [0.1, 0.15) is 17.5 Å². The second kappa shape index (κ2) is 5.82. The first kappa shape index (κ1) is 12.1. The van der Waals surface area contributed by atoms with Gasteiger partial charge in [-0.15, -0.1) is 0 Å². The van der Waals surface area contributed by atoms with Gasteiger partial charge in [0, 0.05) is 39.2 Å². The van der Waals surface area contributed by atoms with Gasteiger partial charge in [0.2, 0.25) is 0 Å². The Morgan fingerprint density at radius 1 is 1.35 bits per heavy atom. The van der Waals surface area contributed by atoms with Crippen LogP contribution in [0.5, 0.6) is 0 Å². The van der Waals surface area contributed by atoms with Crippen molar-refractivity contribution in [3.63, 3.8) is 0 Å². The van der Waals surface area contributed by atoms with Gasteiger partial charge >= 0.3 is 0 Å². The summed E-state index contributed by atoms with van der Waals surface area (Å²) >= 11 is 0. The Balaban J connectivity index is 2.22. The van der Waals surface area contributed by atoms with Crippen LogP contribution >= 0.6 is 0 Å². The van der Waals surface area contributed by atoms with Gasteiger partial charge in [-0.25, -0.2) is 9.97 Å². The monoisotopic (exact) mass is 236 g/mol. The van der Waals surface area contributed by atoms with Gasteiger partial charge in [0.25, 0.3) is 0 Å². The minimum atomic E-state index is 0.778. The van der Waals surface area contributed by atoms with Gasteiger partial charge in [0.15, 0.2) is 0 Å². The van der Waals surface area contributed by atoms with Crippen molar-refractivity contribution in [1.29, 1.82) is 0 Å². The maximum absolute atomic E-state index is 5.46. The zero-order valence-corrected chi connectivity index (χ0v) is 10.6. The average molecular weight is 236 g/mol. The van der Waals surface area contributed by atoms with Crippen molar-refractivity contribution < 1.29 is 4.74 Å². The quantitative estimate of drug-likeness (QED) is 0.857. The maximum atomic E-state index is 5.46. The maximum Gasteiger partial charge on any atom is 0.134 e. The highest BCUT2D eigenvalue weighted by atomic mass is 16.5. The first-order chi connectivity index (χ1) is 8.33. The molecule has 5 nitrogen and oxygen atoms in total. The van der Waals surface area contributed by atoms with E-state index in [-0.39, 0.29) is 0 Å². The fraction of sp³-hybridized carbons (Fsp3) is 0.667. The fourth-order valence-corrected chi connectivity index (χ4v) is 1.91. The molecule has 1 saturated heterocycles. The number of anilines is 2. The number of hydrogen-bond donors (Lipinski definition) is 1. The first-order valence-corrected chi connectivity index (χ1v) is 6.22. The van der Waals surface area contributed by atoms with Crippen molar-refractivity contribution in [1.82, 2.24) is 9.97 Å². The molecule has 2 heterocycles. The highest BCUT2D eigenvalue weighted by Gasteiger charge is 2.13. The summed E-state index contributed by atoms with van der Waals surface area (Å²) in [6.45, 7) is 5.61. The smallest absolute Gasteiger partial charge is 0.134 e. The molecule has 2 rings (SSSR count). The standard InChI is InChI=1S/C12H20N4O/c1-3-10-14-11(13-2)9-12(15-10)16-5-4-7-17-8-6-16/h9H,3-8H2,1-2H3,(H,13,14,15). The first-order valence-electron chi connectivity index (χ1n) is 6.22. The lowest BCUT2D eigenvalue weighted by Crippen LogP contribution is -2.27. The van der Waals surface area contributed by atoms with E-state index in [2.05, 4.69) is 27.1 Å². The van der Waals surface area contributed by atoms with Crippen LogP contribution in [0.2, 0.25) is 0 Å². The molecule has 1 N–H and O–H groups in total. The molecule has 1 aliphatic heterocycles. The normalized spacial score (nSPS) is 16.7. The number of nitrogens with one attached hydrogen (secondary N) is 1. The SMILES string of the molecule is CCc1nc(NC)cc(N2CCCOCC2)n1. The van der Waals surface area contributed by atoms with Gasteiger partial charge in [-0.1, -0.05) is 6.92 Å². The van der Waals surface area contributed by atoms with Crippen LogP contribution in [0, 0.1) is 0 Å². The number of ether oxygens (including phenoxy) is 1. The van der Waals surface area contributed by atoms with E-state index >= 15 is 0 Å². The van der Waals surface area contributed by atoms with Crippen molar-refractivity contribution in [3.05, 3.63) is 11.9 Å². The van der Waals surface area contributed by atoms with E-state index in [0.29, 0.717) is 0 Å². The minimum absolute atomic E-state index is 0.778. The lowest BCUT2D eigenvalue weighted by atomic mass is 10.3. The molecule has 0 amide bonds. The zero-order chi connectivity index (χ0) is 12.1. The lowest BCUT2D eigenvalue weighted by molar-refractivity contribution is 0.152. The van der Waals surface area contributed by atoms with E-state index in [1.807, 2.05) is 13.1 Å². The minimum Gasteiger partial charge on any atom is -0.380 e. The van der Waals surface area contributed by atoms with E-state index in [4.69, 9.17) is 4.74 Å². The summed E-state index contributed by atoms with van der Waals surface area (Å²) in [5.74, 6) is 2.78. The highest BCUT2D eigenvalue weighted by Crippen LogP contribution is 2.17. The number of aryl methyl sites for hydroxylation is 1. The third-order valence-electron chi connectivity index (χ3n) is 2.88. The number of hydrogen-bond acceptors (Lipinski definition) is 5. The van der Waals surface area contributed by atoms with E-state index in [1.54, 1.807) is 0 Å². The highest BCUT2D eigenvalue weighted by molar-refractivity contribution is 5.49. The predicted molar refractivity (Wildman–Crippen MR) is 68.6 cm³/mol. The Hall–Kier alpha value is -1.36. The molecule has 17 heavy (non-hydrogen) atoms. The van der Waals surface area contributed by atoms with Crippen LogP contribution in [0.25, 0.3) is 0 Å². The number of aromatic nitrogens is 2. The molecule has 5 heteroatoms. The third-order valence-corrected chi connectivity index (χ3v) is 2.88. The molecule has 1 aliphatic rings. The Morgan fingerprint density at radius 2 is 2.24 bits per heavy atom. The van der Waals surface area contributed by atoms with Gasteiger partial charge in [-0.05, 0) is 6.42 Å². The van der Waals surface area contributed by atoms with Crippen LogP contribution in [0.1, 0.15) is 19.2 Å². The summed E-state index contributed by atoms with van der Waals surface area (Å²) in [4.78, 5) is 11.3. The summed E-state index contributed by atoms with van der Waals surface area (Å²) in [5, 5.41) is 3.09. The summed E-state index contributed by atoms with van der Waals surface area (Å²) in [7, 11) is 1.89. The second-order valence-electron chi connectivity index (χ2n) is 4.08.